The first kappa shape index (κ1) is 20.3. The zero-order valence-corrected chi connectivity index (χ0v) is 16.3. The number of nitrogen functional groups attached to an aromatic ring is 2. The lowest BCUT2D eigenvalue weighted by atomic mass is 9.98. The molecule has 0 atom stereocenters. The molecule has 3 rings (SSSR count). The van der Waals surface area contributed by atoms with E-state index in [0.717, 1.165) is 11.1 Å². The topological polar surface area (TPSA) is 106 Å². The maximum Gasteiger partial charge on any atom is 0.221 e. The largest absolute Gasteiger partial charge is 0.493 e. The first-order valence-corrected chi connectivity index (χ1v) is 9.06. The lowest BCUT2D eigenvalue weighted by Gasteiger charge is -2.18. The molecule has 4 N–H and O–H groups in total. The van der Waals surface area contributed by atoms with Crippen LogP contribution in [0, 0.1) is 5.82 Å². The van der Waals surface area contributed by atoms with Crippen molar-refractivity contribution >= 4 is 11.8 Å². The maximum atomic E-state index is 13.9. The van der Waals surface area contributed by atoms with Crippen LogP contribution < -0.4 is 20.9 Å². The van der Waals surface area contributed by atoms with Crippen LogP contribution in [0.4, 0.5) is 16.2 Å². The molecule has 0 aliphatic carbocycles. The molecule has 0 bridgehead atoms. The third kappa shape index (κ3) is 4.91. The summed E-state index contributed by atoms with van der Waals surface area (Å²) in [5.74, 6) is 1.15. The van der Waals surface area contributed by atoms with E-state index in [1.54, 1.807) is 18.3 Å². The van der Waals surface area contributed by atoms with Crippen LogP contribution >= 0.6 is 0 Å². The summed E-state index contributed by atoms with van der Waals surface area (Å²) in [6, 6.07) is 9.98. The van der Waals surface area contributed by atoms with Crippen LogP contribution in [0.2, 0.25) is 0 Å². The van der Waals surface area contributed by atoms with Crippen molar-refractivity contribution in [3.63, 3.8) is 0 Å². The molecule has 0 amide bonds. The van der Waals surface area contributed by atoms with E-state index in [2.05, 4.69) is 9.97 Å². The van der Waals surface area contributed by atoms with E-state index >= 15 is 0 Å². The van der Waals surface area contributed by atoms with Crippen molar-refractivity contribution in [3.05, 3.63) is 59.5 Å². The quantitative estimate of drug-likeness (QED) is 0.560. The van der Waals surface area contributed by atoms with Crippen molar-refractivity contribution in [3.8, 4) is 22.6 Å². The Morgan fingerprint density at radius 1 is 1.07 bits per heavy atom. The predicted octanol–water partition coefficient (Wildman–Crippen LogP) is 3.42. The standard InChI is InChI=1S/C21H23FN4O3/c1-3-28-17-8-13(7-15-11-25-21(24)26-20(15)23)9-18(29-12-27-2)19(17)14-5-4-6-16(22)10-14/h4-6,8-11H,3,7,12H2,1-2H3,(H4,23,24,25,26). The summed E-state index contributed by atoms with van der Waals surface area (Å²) in [5, 5.41) is 0. The number of methoxy groups -OCH3 is 1. The highest BCUT2D eigenvalue weighted by Gasteiger charge is 2.17. The number of ether oxygens (including phenoxy) is 3. The Hall–Kier alpha value is -3.39. The Morgan fingerprint density at radius 2 is 1.83 bits per heavy atom. The fourth-order valence-electron chi connectivity index (χ4n) is 2.97. The summed E-state index contributed by atoms with van der Waals surface area (Å²) in [6.45, 7) is 2.34. The Balaban J connectivity index is 2.10. The molecule has 0 saturated heterocycles. The number of hydrogen-bond donors (Lipinski definition) is 2. The van der Waals surface area contributed by atoms with Crippen LogP contribution in [0.1, 0.15) is 18.1 Å². The minimum absolute atomic E-state index is 0.0322. The smallest absolute Gasteiger partial charge is 0.221 e. The summed E-state index contributed by atoms with van der Waals surface area (Å²) in [6.07, 6.45) is 2.03. The van der Waals surface area contributed by atoms with E-state index in [4.69, 9.17) is 25.7 Å². The van der Waals surface area contributed by atoms with Gasteiger partial charge in [-0.2, -0.15) is 4.98 Å². The molecule has 0 saturated carbocycles. The average Bonchev–Trinajstić information content (AvgIpc) is 2.68. The summed E-state index contributed by atoms with van der Waals surface area (Å²) in [7, 11) is 1.53. The van der Waals surface area contributed by atoms with Crippen LogP contribution in [0.3, 0.4) is 0 Å². The van der Waals surface area contributed by atoms with Gasteiger partial charge in [-0.25, -0.2) is 9.37 Å². The molecule has 1 aromatic heterocycles. The number of nitrogens with two attached hydrogens (primary N) is 2. The second-order valence-electron chi connectivity index (χ2n) is 6.28. The van der Waals surface area contributed by atoms with Gasteiger partial charge < -0.3 is 25.7 Å². The van der Waals surface area contributed by atoms with Gasteiger partial charge in [0.2, 0.25) is 5.95 Å². The number of benzene rings is 2. The fourth-order valence-corrected chi connectivity index (χ4v) is 2.97. The molecule has 1 heterocycles. The third-order valence-corrected chi connectivity index (χ3v) is 4.18. The molecular formula is C21H23FN4O3. The van der Waals surface area contributed by atoms with Crippen LogP contribution in [0.25, 0.3) is 11.1 Å². The Labute approximate surface area is 168 Å². The van der Waals surface area contributed by atoms with Gasteiger partial charge in [0, 0.05) is 25.3 Å². The van der Waals surface area contributed by atoms with Gasteiger partial charge in [-0.3, -0.25) is 0 Å². The number of rotatable bonds is 8. The summed E-state index contributed by atoms with van der Waals surface area (Å²) >= 11 is 0. The monoisotopic (exact) mass is 398 g/mol. The second kappa shape index (κ2) is 9.20. The van der Waals surface area contributed by atoms with E-state index in [1.165, 1.54) is 19.2 Å². The lowest BCUT2D eigenvalue weighted by Crippen LogP contribution is -2.06. The number of hydrogen-bond acceptors (Lipinski definition) is 7. The molecule has 0 unspecified atom stereocenters. The van der Waals surface area contributed by atoms with Crippen molar-refractivity contribution in [2.24, 2.45) is 0 Å². The van der Waals surface area contributed by atoms with Gasteiger partial charge in [0.1, 0.15) is 23.1 Å². The third-order valence-electron chi connectivity index (χ3n) is 4.18. The average molecular weight is 398 g/mol. The highest BCUT2D eigenvalue weighted by atomic mass is 19.1. The molecular weight excluding hydrogens is 375 g/mol. The first-order chi connectivity index (χ1) is 14.0. The second-order valence-corrected chi connectivity index (χ2v) is 6.28. The maximum absolute atomic E-state index is 13.9. The van der Waals surface area contributed by atoms with Gasteiger partial charge >= 0.3 is 0 Å². The molecule has 0 spiro atoms. The summed E-state index contributed by atoms with van der Waals surface area (Å²) < 4.78 is 30.6. The molecule has 0 radical (unpaired) electrons. The molecule has 7 nitrogen and oxygen atoms in total. The van der Waals surface area contributed by atoms with Crippen LogP contribution in [0.15, 0.2) is 42.6 Å². The number of aromatic nitrogens is 2. The minimum Gasteiger partial charge on any atom is -0.493 e. The molecule has 0 aliphatic rings. The van der Waals surface area contributed by atoms with Gasteiger partial charge in [-0.1, -0.05) is 12.1 Å². The Morgan fingerprint density at radius 3 is 2.48 bits per heavy atom. The summed E-state index contributed by atoms with van der Waals surface area (Å²) in [5.41, 5.74) is 14.4. The summed E-state index contributed by atoms with van der Waals surface area (Å²) in [4.78, 5) is 8.00. The van der Waals surface area contributed by atoms with Crippen molar-refractivity contribution in [1.82, 2.24) is 9.97 Å². The molecule has 3 aromatic rings. The number of halogens is 1. The zero-order valence-electron chi connectivity index (χ0n) is 16.3. The predicted molar refractivity (Wildman–Crippen MR) is 109 cm³/mol. The first-order valence-electron chi connectivity index (χ1n) is 9.06. The molecule has 8 heteroatoms. The molecule has 0 aliphatic heterocycles. The van der Waals surface area contributed by atoms with Crippen LogP contribution in [-0.4, -0.2) is 30.5 Å². The highest BCUT2D eigenvalue weighted by Crippen LogP contribution is 2.40. The van der Waals surface area contributed by atoms with E-state index in [-0.39, 0.29) is 18.6 Å². The Bertz CT molecular complexity index is 998. The zero-order chi connectivity index (χ0) is 20.8. The highest BCUT2D eigenvalue weighted by molar-refractivity contribution is 5.77. The van der Waals surface area contributed by atoms with E-state index < -0.39 is 0 Å². The van der Waals surface area contributed by atoms with Gasteiger partial charge in [0.05, 0.1) is 12.2 Å². The SMILES string of the molecule is CCOc1cc(Cc2cnc(N)nc2N)cc(OCOC)c1-c1cccc(F)c1. The van der Waals surface area contributed by atoms with Gasteiger partial charge in [0.25, 0.3) is 0 Å². The minimum atomic E-state index is -0.349. The van der Waals surface area contributed by atoms with Crippen LogP contribution in [0.5, 0.6) is 11.5 Å². The fraction of sp³-hybridized carbons (Fsp3) is 0.238. The molecule has 2 aromatic carbocycles. The van der Waals surface area contributed by atoms with E-state index in [0.29, 0.717) is 41.5 Å². The van der Waals surface area contributed by atoms with Gasteiger partial charge in [0.15, 0.2) is 6.79 Å². The van der Waals surface area contributed by atoms with Crippen molar-refractivity contribution in [2.45, 2.75) is 13.3 Å². The van der Waals surface area contributed by atoms with E-state index in [9.17, 15) is 4.39 Å². The molecule has 152 valence electrons. The van der Waals surface area contributed by atoms with Crippen molar-refractivity contribution in [1.29, 1.82) is 0 Å². The van der Waals surface area contributed by atoms with Crippen molar-refractivity contribution < 1.29 is 18.6 Å². The number of nitrogens with zero attached hydrogens (tertiary/aromatic N) is 2. The number of anilines is 2. The van der Waals surface area contributed by atoms with Gasteiger partial charge in [-0.05, 0) is 42.3 Å². The van der Waals surface area contributed by atoms with Gasteiger partial charge in [-0.15, -0.1) is 0 Å². The molecule has 0 fully saturated rings. The Kier molecular flexibility index (Phi) is 6.46. The van der Waals surface area contributed by atoms with E-state index in [1.807, 2.05) is 19.1 Å². The van der Waals surface area contributed by atoms with Crippen molar-refractivity contribution in [2.75, 3.05) is 32.0 Å². The molecule has 29 heavy (non-hydrogen) atoms. The lowest BCUT2D eigenvalue weighted by molar-refractivity contribution is 0.0513. The van der Waals surface area contributed by atoms with Crippen LogP contribution in [-0.2, 0) is 11.2 Å². The normalized spacial score (nSPS) is 10.7.